The number of amides is 2. The first-order valence-electron chi connectivity index (χ1n) is 8.86. The van der Waals surface area contributed by atoms with E-state index >= 15 is 0 Å². The third-order valence-corrected chi connectivity index (χ3v) is 4.14. The van der Waals surface area contributed by atoms with Gasteiger partial charge >= 0.3 is 0 Å². The van der Waals surface area contributed by atoms with E-state index in [4.69, 9.17) is 10.00 Å². The summed E-state index contributed by atoms with van der Waals surface area (Å²) < 4.78 is 5.69. The van der Waals surface area contributed by atoms with Crippen molar-refractivity contribution in [1.82, 2.24) is 15.1 Å². The summed E-state index contributed by atoms with van der Waals surface area (Å²) >= 11 is 0. The molecule has 1 fully saturated rings. The predicted molar refractivity (Wildman–Crippen MR) is 97.5 cm³/mol. The Morgan fingerprint density at radius 3 is 2.31 bits per heavy atom. The van der Waals surface area contributed by atoms with Crippen molar-refractivity contribution >= 4 is 11.8 Å². The summed E-state index contributed by atoms with van der Waals surface area (Å²) in [6, 6.07) is 8.87. The Morgan fingerprint density at radius 1 is 1.15 bits per heavy atom. The molecule has 2 rings (SSSR count). The van der Waals surface area contributed by atoms with E-state index in [0.29, 0.717) is 44.0 Å². The molecule has 1 aliphatic rings. The number of rotatable bonds is 6. The fourth-order valence-corrected chi connectivity index (χ4v) is 2.82. The molecule has 1 atom stereocenters. The molecule has 0 aliphatic carbocycles. The third-order valence-electron chi connectivity index (χ3n) is 4.14. The van der Waals surface area contributed by atoms with Crippen molar-refractivity contribution in [1.29, 1.82) is 5.26 Å². The van der Waals surface area contributed by atoms with E-state index in [-0.39, 0.29) is 17.9 Å². The summed E-state index contributed by atoms with van der Waals surface area (Å²) in [5, 5.41) is 11.7. The number of carbonyl (C=O) groups excluding carboxylic acids is 2. The fraction of sp³-hybridized carbons (Fsp3) is 0.526. The van der Waals surface area contributed by atoms with Crippen LogP contribution in [0.5, 0.6) is 5.75 Å². The molecular formula is C19H26N4O3. The number of benzene rings is 1. The van der Waals surface area contributed by atoms with Crippen LogP contribution in [0, 0.1) is 11.3 Å². The SMILES string of the molecule is CC(C)NC(=O)CN1CCN(C(=O)C(C)Oc2ccc(C#N)cc2)CC1. The molecule has 1 heterocycles. The molecule has 0 radical (unpaired) electrons. The first kappa shape index (κ1) is 19.7. The van der Waals surface area contributed by atoms with Gasteiger partial charge in [-0.15, -0.1) is 0 Å². The first-order chi connectivity index (χ1) is 12.4. The minimum absolute atomic E-state index is 0.0114. The zero-order valence-corrected chi connectivity index (χ0v) is 15.6. The topological polar surface area (TPSA) is 85.7 Å². The second-order valence-corrected chi connectivity index (χ2v) is 6.72. The van der Waals surface area contributed by atoms with Crippen LogP contribution in [0.25, 0.3) is 0 Å². The normalized spacial score (nSPS) is 16.0. The Kier molecular flexibility index (Phi) is 6.98. The number of hydrogen-bond acceptors (Lipinski definition) is 5. The maximum absolute atomic E-state index is 12.6. The van der Waals surface area contributed by atoms with Crippen molar-refractivity contribution in [3.8, 4) is 11.8 Å². The zero-order valence-electron chi connectivity index (χ0n) is 15.6. The van der Waals surface area contributed by atoms with Gasteiger partial charge in [0.1, 0.15) is 5.75 Å². The highest BCUT2D eigenvalue weighted by molar-refractivity contribution is 5.81. The number of nitrogens with zero attached hydrogens (tertiary/aromatic N) is 3. The van der Waals surface area contributed by atoms with Gasteiger partial charge in [-0.3, -0.25) is 14.5 Å². The lowest BCUT2D eigenvalue weighted by atomic mass is 10.2. The Morgan fingerprint density at radius 2 is 1.77 bits per heavy atom. The van der Waals surface area contributed by atoms with Crippen LogP contribution in [0.1, 0.15) is 26.3 Å². The van der Waals surface area contributed by atoms with Crippen molar-refractivity contribution < 1.29 is 14.3 Å². The summed E-state index contributed by atoms with van der Waals surface area (Å²) in [5.41, 5.74) is 0.550. The molecule has 1 aliphatic heterocycles. The van der Waals surface area contributed by atoms with Gasteiger partial charge in [-0.25, -0.2) is 0 Å². The number of nitriles is 1. The van der Waals surface area contributed by atoms with Gasteiger partial charge in [0, 0.05) is 32.2 Å². The van der Waals surface area contributed by atoms with E-state index in [0.717, 1.165) is 0 Å². The van der Waals surface area contributed by atoms with E-state index in [2.05, 4.69) is 5.32 Å². The number of carbonyl (C=O) groups is 2. The molecule has 1 aromatic rings. The van der Waals surface area contributed by atoms with Crippen LogP contribution >= 0.6 is 0 Å². The smallest absolute Gasteiger partial charge is 0.263 e. The van der Waals surface area contributed by atoms with Gasteiger partial charge in [0.15, 0.2) is 6.10 Å². The number of ether oxygens (including phenoxy) is 1. The van der Waals surface area contributed by atoms with Gasteiger partial charge in [-0.05, 0) is 45.0 Å². The van der Waals surface area contributed by atoms with Crippen LogP contribution in [0.15, 0.2) is 24.3 Å². The molecule has 7 heteroatoms. The van der Waals surface area contributed by atoms with Crippen LogP contribution in [-0.4, -0.2) is 66.5 Å². The molecule has 0 bridgehead atoms. The standard InChI is InChI=1S/C19H26N4O3/c1-14(2)21-18(24)13-22-8-10-23(11-9-22)19(25)15(3)26-17-6-4-16(12-20)5-7-17/h4-7,14-15H,8-11,13H2,1-3H3,(H,21,24). The van der Waals surface area contributed by atoms with E-state index < -0.39 is 6.10 Å². The van der Waals surface area contributed by atoms with Crippen LogP contribution < -0.4 is 10.1 Å². The quantitative estimate of drug-likeness (QED) is 0.820. The monoisotopic (exact) mass is 358 g/mol. The minimum Gasteiger partial charge on any atom is -0.481 e. The summed E-state index contributed by atoms with van der Waals surface area (Å²) in [4.78, 5) is 28.2. The highest BCUT2D eigenvalue weighted by Crippen LogP contribution is 2.15. The Hall–Kier alpha value is -2.59. The summed E-state index contributed by atoms with van der Waals surface area (Å²) in [6.45, 7) is 8.44. The largest absolute Gasteiger partial charge is 0.481 e. The molecule has 2 amide bonds. The highest BCUT2D eigenvalue weighted by atomic mass is 16.5. The second-order valence-electron chi connectivity index (χ2n) is 6.72. The van der Waals surface area contributed by atoms with Gasteiger partial charge in [-0.2, -0.15) is 5.26 Å². The van der Waals surface area contributed by atoms with E-state index in [1.165, 1.54) is 0 Å². The van der Waals surface area contributed by atoms with Crippen LogP contribution in [-0.2, 0) is 9.59 Å². The third kappa shape index (κ3) is 5.74. The Bertz CT molecular complexity index is 658. The van der Waals surface area contributed by atoms with Crippen LogP contribution in [0.2, 0.25) is 0 Å². The highest BCUT2D eigenvalue weighted by Gasteiger charge is 2.26. The van der Waals surface area contributed by atoms with Gasteiger partial charge < -0.3 is 15.0 Å². The predicted octanol–water partition coefficient (Wildman–Crippen LogP) is 0.994. The lowest BCUT2D eigenvalue weighted by Gasteiger charge is -2.35. The lowest BCUT2D eigenvalue weighted by molar-refractivity contribution is -0.139. The van der Waals surface area contributed by atoms with Gasteiger partial charge in [0.2, 0.25) is 5.91 Å². The molecule has 1 aromatic carbocycles. The average molecular weight is 358 g/mol. The molecule has 0 aromatic heterocycles. The maximum atomic E-state index is 12.6. The fourth-order valence-electron chi connectivity index (χ4n) is 2.82. The molecule has 0 saturated carbocycles. The van der Waals surface area contributed by atoms with Crippen LogP contribution in [0.4, 0.5) is 0 Å². The Balaban J connectivity index is 1.79. The summed E-state index contributed by atoms with van der Waals surface area (Å²) in [7, 11) is 0. The summed E-state index contributed by atoms with van der Waals surface area (Å²) in [6.07, 6.45) is -0.598. The first-order valence-corrected chi connectivity index (χ1v) is 8.86. The van der Waals surface area contributed by atoms with Gasteiger partial charge in [0.05, 0.1) is 18.2 Å². The zero-order chi connectivity index (χ0) is 19.1. The molecule has 0 spiro atoms. The lowest BCUT2D eigenvalue weighted by Crippen LogP contribution is -2.53. The molecule has 1 unspecified atom stereocenters. The number of hydrogen-bond donors (Lipinski definition) is 1. The Labute approximate surface area is 154 Å². The molecule has 7 nitrogen and oxygen atoms in total. The van der Waals surface area contributed by atoms with Crippen LogP contribution in [0.3, 0.4) is 0 Å². The van der Waals surface area contributed by atoms with Crippen molar-refractivity contribution in [2.24, 2.45) is 0 Å². The molecular weight excluding hydrogens is 332 g/mol. The second kappa shape index (κ2) is 9.20. The van der Waals surface area contributed by atoms with Gasteiger partial charge in [-0.1, -0.05) is 0 Å². The molecule has 26 heavy (non-hydrogen) atoms. The van der Waals surface area contributed by atoms with E-state index in [1.807, 2.05) is 24.8 Å². The van der Waals surface area contributed by atoms with Crippen molar-refractivity contribution in [2.75, 3.05) is 32.7 Å². The number of nitrogens with one attached hydrogen (secondary N) is 1. The van der Waals surface area contributed by atoms with Crippen molar-refractivity contribution in [2.45, 2.75) is 32.9 Å². The maximum Gasteiger partial charge on any atom is 0.263 e. The van der Waals surface area contributed by atoms with Crippen molar-refractivity contribution in [3.05, 3.63) is 29.8 Å². The summed E-state index contributed by atoms with van der Waals surface area (Å²) in [5.74, 6) is 0.506. The number of piperazine rings is 1. The average Bonchev–Trinajstić information content (AvgIpc) is 2.61. The molecule has 1 saturated heterocycles. The molecule has 1 N–H and O–H groups in total. The van der Waals surface area contributed by atoms with E-state index in [9.17, 15) is 9.59 Å². The molecule has 140 valence electrons. The van der Waals surface area contributed by atoms with E-state index in [1.54, 1.807) is 36.1 Å². The van der Waals surface area contributed by atoms with Crippen molar-refractivity contribution in [3.63, 3.8) is 0 Å². The van der Waals surface area contributed by atoms with Gasteiger partial charge in [0.25, 0.3) is 5.91 Å². The minimum atomic E-state index is -0.598.